The average Bonchev–Trinajstić information content (AvgIpc) is 2.74. The second-order valence-electron chi connectivity index (χ2n) is 4.27. The van der Waals surface area contributed by atoms with Crippen LogP contribution in [0.4, 0.5) is 5.13 Å². The lowest BCUT2D eigenvalue weighted by Gasteiger charge is -2.12. The molecule has 0 spiro atoms. The van der Waals surface area contributed by atoms with Crippen LogP contribution >= 0.6 is 11.5 Å². The maximum absolute atomic E-state index is 11.6. The van der Waals surface area contributed by atoms with E-state index in [1.54, 1.807) is 0 Å². The van der Waals surface area contributed by atoms with Crippen molar-refractivity contribution in [3.8, 4) is 0 Å². The minimum Gasteiger partial charge on any atom is -0.354 e. The Morgan fingerprint density at radius 3 is 2.65 bits per heavy atom. The summed E-state index contributed by atoms with van der Waals surface area (Å²) in [6, 6.07) is -0.283. The quantitative estimate of drug-likeness (QED) is 0.817. The monoisotopic (exact) mass is 256 g/mol. The number of aromatic nitrogens is 2. The van der Waals surface area contributed by atoms with Crippen molar-refractivity contribution in [2.24, 2.45) is 0 Å². The maximum Gasteiger partial charge on any atom is 0.242 e. The summed E-state index contributed by atoms with van der Waals surface area (Å²) in [6.45, 7) is 8.64. The van der Waals surface area contributed by atoms with Crippen molar-refractivity contribution in [2.45, 2.75) is 46.1 Å². The molecule has 1 rings (SSSR count). The summed E-state index contributed by atoms with van der Waals surface area (Å²) in [5.74, 6) is 1.12. The van der Waals surface area contributed by atoms with Gasteiger partial charge in [-0.1, -0.05) is 20.8 Å². The van der Waals surface area contributed by atoms with Crippen LogP contribution in [0.5, 0.6) is 0 Å². The number of hydrogen-bond donors (Lipinski definition) is 2. The molecule has 1 amide bonds. The van der Waals surface area contributed by atoms with E-state index >= 15 is 0 Å². The number of rotatable bonds is 6. The summed E-state index contributed by atoms with van der Waals surface area (Å²) in [5, 5.41) is 6.60. The molecule has 5 nitrogen and oxygen atoms in total. The average molecular weight is 256 g/mol. The van der Waals surface area contributed by atoms with Crippen molar-refractivity contribution >= 4 is 22.6 Å². The fourth-order valence-electron chi connectivity index (χ4n) is 1.18. The van der Waals surface area contributed by atoms with Crippen LogP contribution in [0.25, 0.3) is 0 Å². The van der Waals surface area contributed by atoms with E-state index in [1.165, 1.54) is 11.5 Å². The first-order chi connectivity index (χ1) is 8.04. The number of carbonyl (C=O) groups excluding carboxylic acids is 1. The minimum absolute atomic E-state index is 0.00635. The van der Waals surface area contributed by atoms with Crippen LogP contribution in [0.3, 0.4) is 0 Å². The highest BCUT2D eigenvalue weighted by atomic mass is 32.1. The first-order valence-corrected chi connectivity index (χ1v) is 6.69. The molecule has 0 aliphatic heterocycles. The molecule has 0 aliphatic rings. The molecule has 6 heteroatoms. The number of hydrogen-bond acceptors (Lipinski definition) is 5. The van der Waals surface area contributed by atoms with Crippen molar-refractivity contribution in [2.75, 3.05) is 11.9 Å². The second-order valence-corrected chi connectivity index (χ2v) is 5.02. The second kappa shape index (κ2) is 6.54. The topological polar surface area (TPSA) is 66.9 Å². The number of anilines is 1. The van der Waals surface area contributed by atoms with Crippen LogP contribution in [-0.2, 0) is 4.79 Å². The van der Waals surface area contributed by atoms with Gasteiger partial charge in [0.1, 0.15) is 11.9 Å². The normalized spacial score (nSPS) is 12.5. The van der Waals surface area contributed by atoms with Gasteiger partial charge in [-0.15, -0.1) is 0 Å². The van der Waals surface area contributed by atoms with E-state index in [9.17, 15) is 4.79 Å². The molecule has 0 radical (unpaired) electrons. The van der Waals surface area contributed by atoms with Gasteiger partial charge in [-0.25, -0.2) is 4.98 Å². The predicted molar refractivity (Wildman–Crippen MR) is 70.4 cm³/mol. The van der Waals surface area contributed by atoms with E-state index in [0.29, 0.717) is 17.6 Å². The van der Waals surface area contributed by atoms with Gasteiger partial charge in [0, 0.05) is 24.0 Å². The lowest BCUT2D eigenvalue weighted by Crippen LogP contribution is -2.37. The molecule has 1 aromatic heterocycles. The van der Waals surface area contributed by atoms with E-state index in [1.807, 2.05) is 27.7 Å². The molecule has 2 N–H and O–H groups in total. The number of carbonyl (C=O) groups is 1. The lowest BCUT2D eigenvalue weighted by atomic mass is 10.2. The van der Waals surface area contributed by atoms with E-state index in [0.717, 1.165) is 12.2 Å². The zero-order valence-electron chi connectivity index (χ0n) is 10.8. The van der Waals surface area contributed by atoms with E-state index in [-0.39, 0.29) is 11.9 Å². The van der Waals surface area contributed by atoms with Crippen LogP contribution < -0.4 is 10.6 Å². The van der Waals surface area contributed by atoms with Crippen molar-refractivity contribution in [3.05, 3.63) is 5.82 Å². The predicted octanol–water partition coefficient (Wildman–Crippen LogP) is 1.99. The summed E-state index contributed by atoms with van der Waals surface area (Å²) in [7, 11) is 0. The zero-order valence-corrected chi connectivity index (χ0v) is 11.6. The zero-order chi connectivity index (χ0) is 12.8. The maximum atomic E-state index is 11.6. The molecule has 1 unspecified atom stereocenters. The summed E-state index contributed by atoms with van der Waals surface area (Å²) in [6.07, 6.45) is 0.939. The van der Waals surface area contributed by atoms with Gasteiger partial charge in [0.05, 0.1) is 0 Å². The molecule has 1 aromatic rings. The molecule has 0 saturated carbocycles. The van der Waals surface area contributed by atoms with Crippen molar-refractivity contribution < 1.29 is 4.79 Å². The molecule has 17 heavy (non-hydrogen) atoms. The Balaban J connectivity index is 2.49. The minimum atomic E-state index is -0.283. The van der Waals surface area contributed by atoms with Crippen LogP contribution in [0.15, 0.2) is 0 Å². The first kappa shape index (κ1) is 13.9. The fraction of sp³-hybridized carbons (Fsp3) is 0.727. The van der Waals surface area contributed by atoms with Gasteiger partial charge in [-0.05, 0) is 13.3 Å². The smallest absolute Gasteiger partial charge is 0.242 e. The Morgan fingerprint density at radius 2 is 2.12 bits per heavy atom. The highest BCUT2D eigenvalue weighted by Gasteiger charge is 2.14. The lowest BCUT2D eigenvalue weighted by molar-refractivity contribution is -0.121. The highest BCUT2D eigenvalue weighted by Crippen LogP contribution is 2.17. The molecule has 0 aromatic carbocycles. The Kier molecular flexibility index (Phi) is 5.34. The van der Waals surface area contributed by atoms with Gasteiger partial charge in [-0.2, -0.15) is 4.37 Å². The van der Waals surface area contributed by atoms with Crippen molar-refractivity contribution in [3.63, 3.8) is 0 Å². The molecular formula is C11H20N4OS. The van der Waals surface area contributed by atoms with E-state index in [2.05, 4.69) is 20.0 Å². The van der Waals surface area contributed by atoms with Crippen LogP contribution in [0, 0.1) is 0 Å². The molecule has 0 aliphatic carbocycles. The van der Waals surface area contributed by atoms with Gasteiger partial charge in [0.25, 0.3) is 0 Å². The summed E-state index contributed by atoms with van der Waals surface area (Å²) in [4.78, 5) is 16.0. The van der Waals surface area contributed by atoms with Crippen LogP contribution in [0.1, 0.15) is 45.9 Å². The standard InChI is InChI=1S/C11H20N4OS/c1-5-6-12-10(16)8(4)13-11-14-9(7(2)3)15-17-11/h7-8H,5-6H2,1-4H3,(H,12,16)(H,13,14,15). The van der Waals surface area contributed by atoms with Crippen LogP contribution in [0.2, 0.25) is 0 Å². The van der Waals surface area contributed by atoms with Crippen LogP contribution in [-0.4, -0.2) is 27.9 Å². The third-order valence-electron chi connectivity index (χ3n) is 2.24. The van der Waals surface area contributed by atoms with Gasteiger partial charge in [-0.3, -0.25) is 4.79 Å². The molecule has 1 heterocycles. The summed E-state index contributed by atoms with van der Waals surface area (Å²) >= 11 is 1.30. The third-order valence-corrected chi connectivity index (χ3v) is 2.90. The van der Waals surface area contributed by atoms with Gasteiger partial charge >= 0.3 is 0 Å². The van der Waals surface area contributed by atoms with Gasteiger partial charge < -0.3 is 10.6 Å². The number of nitrogens with one attached hydrogen (secondary N) is 2. The fourth-order valence-corrected chi connectivity index (χ4v) is 1.98. The van der Waals surface area contributed by atoms with Gasteiger partial charge in [0.2, 0.25) is 11.0 Å². The molecule has 0 saturated heterocycles. The van der Waals surface area contributed by atoms with Crippen molar-refractivity contribution in [1.29, 1.82) is 0 Å². The Morgan fingerprint density at radius 1 is 1.41 bits per heavy atom. The first-order valence-electron chi connectivity index (χ1n) is 5.92. The molecular weight excluding hydrogens is 236 g/mol. The Bertz CT molecular complexity index is 364. The van der Waals surface area contributed by atoms with Crippen molar-refractivity contribution in [1.82, 2.24) is 14.7 Å². The molecule has 0 bridgehead atoms. The summed E-state index contributed by atoms with van der Waals surface area (Å²) in [5.41, 5.74) is 0. The molecule has 96 valence electrons. The number of nitrogens with zero attached hydrogens (tertiary/aromatic N) is 2. The third kappa shape index (κ3) is 4.30. The van der Waals surface area contributed by atoms with Gasteiger partial charge in [0.15, 0.2) is 0 Å². The van der Waals surface area contributed by atoms with E-state index in [4.69, 9.17) is 0 Å². The molecule has 0 fully saturated rings. The summed E-state index contributed by atoms with van der Waals surface area (Å²) < 4.78 is 4.23. The van der Waals surface area contributed by atoms with E-state index < -0.39 is 0 Å². The Hall–Kier alpha value is -1.17. The SMILES string of the molecule is CCCNC(=O)C(C)Nc1nc(C(C)C)ns1. The Labute approximate surface area is 106 Å². The largest absolute Gasteiger partial charge is 0.354 e. The molecule has 1 atom stereocenters. The highest BCUT2D eigenvalue weighted by molar-refractivity contribution is 7.09. The number of amides is 1.